The lowest BCUT2D eigenvalue weighted by Gasteiger charge is -2.17. The molecule has 6 heteroatoms. The summed E-state index contributed by atoms with van der Waals surface area (Å²) in [5, 5.41) is 4.33. The molecule has 1 heterocycles. The van der Waals surface area contributed by atoms with Gasteiger partial charge in [0.2, 0.25) is 0 Å². The summed E-state index contributed by atoms with van der Waals surface area (Å²) < 4.78 is 11.8. The van der Waals surface area contributed by atoms with E-state index in [2.05, 4.69) is 5.10 Å². The summed E-state index contributed by atoms with van der Waals surface area (Å²) in [4.78, 5) is 24.9. The molecular weight excluding hydrogens is 308 g/mol. The smallest absolute Gasteiger partial charge is 0.331 e. The van der Waals surface area contributed by atoms with E-state index in [-0.39, 0.29) is 18.8 Å². The van der Waals surface area contributed by atoms with Gasteiger partial charge in [-0.05, 0) is 51.1 Å². The van der Waals surface area contributed by atoms with Crippen LogP contribution < -0.4 is 4.74 Å². The van der Waals surface area contributed by atoms with Gasteiger partial charge in [-0.3, -0.25) is 9.48 Å². The van der Waals surface area contributed by atoms with E-state index in [1.54, 1.807) is 43.0 Å². The molecule has 0 saturated heterocycles. The number of ether oxygens (including phenoxy) is 2. The number of hydrogen-bond donors (Lipinski definition) is 0. The van der Waals surface area contributed by atoms with Crippen LogP contribution in [0.25, 0.3) is 0 Å². The predicted octanol–water partition coefficient (Wildman–Crippen LogP) is 2.89. The fourth-order valence-corrected chi connectivity index (χ4v) is 2.54. The first-order valence-electron chi connectivity index (χ1n) is 7.83. The number of hydrogen-bond acceptors (Lipinski definition) is 5. The van der Waals surface area contributed by atoms with Gasteiger partial charge in [-0.15, -0.1) is 0 Å². The Morgan fingerprint density at radius 2 is 1.88 bits per heavy atom. The van der Waals surface area contributed by atoms with E-state index < -0.39 is 12.0 Å². The van der Waals surface area contributed by atoms with Crippen LogP contribution in [0.5, 0.6) is 5.75 Å². The van der Waals surface area contributed by atoms with E-state index in [0.717, 1.165) is 11.4 Å². The molecule has 0 fully saturated rings. The highest BCUT2D eigenvalue weighted by molar-refractivity contribution is 5.98. The molecule has 0 N–H and O–H groups in total. The number of rotatable bonds is 7. The third-order valence-corrected chi connectivity index (χ3v) is 3.69. The maximum absolute atomic E-state index is 12.6. The standard InChI is InChI=1S/C18H22N2O4/c1-5-24-18(22)16(20-13(3)10-12(2)19-20)11-17(21)14-6-8-15(23-4)9-7-14/h6-10,16H,5,11H2,1-4H3. The number of nitrogens with zero attached hydrogens (tertiary/aromatic N) is 2. The van der Waals surface area contributed by atoms with Crippen molar-refractivity contribution < 1.29 is 19.1 Å². The van der Waals surface area contributed by atoms with E-state index in [4.69, 9.17) is 9.47 Å². The van der Waals surface area contributed by atoms with E-state index in [0.29, 0.717) is 11.3 Å². The summed E-state index contributed by atoms with van der Waals surface area (Å²) in [6, 6.07) is 7.90. The molecule has 1 aromatic carbocycles. The van der Waals surface area contributed by atoms with Crippen molar-refractivity contribution in [2.45, 2.75) is 33.2 Å². The van der Waals surface area contributed by atoms with E-state index in [9.17, 15) is 9.59 Å². The van der Waals surface area contributed by atoms with Gasteiger partial charge in [0.1, 0.15) is 5.75 Å². The number of ketones is 1. The van der Waals surface area contributed by atoms with Gasteiger partial charge in [0.25, 0.3) is 0 Å². The fourth-order valence-electron chi connectivity index (χ4n) is 2.54. The van der Waals surface area contributed by atoms with Crippen molar-refractivity contribution in [3.8, 4) is 5.75 Å². The molecule has 0 spiro atoms. The zero-order chi connectivity index (χ0) is 17.7. The number of aromatic nitrogens is 2. The average molecular weight is 330 g/mol. The molecule has 0 saturated carbocycles. The lowest BCUT2D eigenvalue weighted by molar-refractivity contribution is -0.147. The van der Waals surface area contributed by atoms with E-state index >= 15 is 0 Å². The Morgan fingerprint density at radius 1 is 1.21 bits per heavy atom. The SMILES string of the molecule is CCOC(=O)C(CC(=O)c1ccc(OC)cc1)n1nc(C)cc1C. The molecule has 6 nitrogen and oxygen atoms in total. The third-order valence-electron chi connectivity index (χ3n) is 3.69. The Kier molecular flexibility index (Phi) is 5.73. The van der Waals surface area contributed by atoms with Crippen LogP contribution in [0.3, 0.4) is 0 Å². The number of esters is 1. The van der Waals surface area contributed by atoms with Crippen LogP contribution in [0.4, 0.5) is 0 Å². The summed E-state index contributed by atoms with van der Waals surface area (Å²) >= 11 is 0. The van der Waals surface area contributed by atoms with E-state index in [1.165, 1.54) is 0 Å². The van der Waals surface area contributed by atoms with Crippen molar-refractivity contribution in [2.75, 3.05) is 13.7 Å². The lowest BCUT2D eigenvalue weighted by atomic mass is 10.0. The summed E-state index contributed by atoms with van der Waals surface area (Å²) in [7, 11) is 1.57. The Bertz CT molecular complexity index is 719. The lowest BCUT2D eigenvalue weighted by Crippen LogP contribution is -2.26. The van der Waals surface area contributed by atoms with Crippen molar-refractivity contribution in [3.05, 3.63) is 47.3 Å². The first-order chi connectivity index (χ1) is 11.5. The van der Waals surface area contributed by atoms with Crippen LogP contribution in [0.1, 0.15) is 41.1 Å². The van der Waals surface area contributed by atoms with Crippen molar-refractivity contribution in [2.24, 2.45) is 0 Å². The Balaban J connectivity index is 2.25. The van der Waals surface area contributed by atoms with Crippen LogP contribution in [0.15, 0.2) is 30.3 Å². The topological polar surface area (TPSA) is 70.4 Å². The molecule has 1 atom stereocenters. The molecule has 2 rings (SSSR count). The first kappa shape index (κ1) is 17.7. The van der Waals surface area contributed by atoms with Crippen LogP contribution in [-0.2, 0) is 9.53 Å². The number of Topliss-reactive ketones (excluding diaryl/α,β-unsaturated/α-hetero) is 1. The van der Waals surface area contributed by atoms with Crippen LogP contribution in [-0.4, -0.2) is 35.2 Å². The first-order valence-corrected chi connectivity index (χ1v) is 7.83. The maximum atomic E-state index is 12.6. The average Bonchev–Trinajstić information content (AvgIpc) is 2.90. The number of benzene rings is 1. The highest BCUT2D eigenvalue weighted by atomic mass is 16.5. The van der Waals surface area contributed by atoms with Gasteiger partial charge in [0, 0.05) is 17.7 Å². The van der Waals surface area contributed by atoms with Gasteiger partial charge in [0.05, 0.1) is 19.4 Å². The molecule has 0 radical (unpaired) electrons. The summed E-state index contributed by atoms with van der Waals surface area (Å²) in [5.74, 6) is 0.0702. The second-order valence-corrected chi connectivity index (χ2v) is 5.50. The van der Waals surface area contributed by atoms with Gasteiger partial charge < -0.3 is 9.47 Å². The molecule has 128 valence electrons. The van der Waals surface area contributed by atoms with Crippen LogP contribution >= 0.6 is 0 Å². The summed E-state index contributed by atoms with van der Waals surface area (Å²) in [6.45, 7) is 5.69. The zero-order valence-corrected chi connectivity index (χ0v) is 14.4. The number of methoxy groups -OCH3 is 1. The van der Waals surface area contributed by atoms with Crippen LogP contribution in [0, 0.1) is 13.8 Å². The number of carbonyl (C=O) groups excluding carboxylic acids is 2. The third kappa shape index (κ3) is 4.01. The zero-order valence-electron chi connectivity index (χ0n) is 14.4. The van der Waals surface area contributed by atoms with Crippen molar-refractivity contribution >= 4 is 11.8 Å². The molecule has 0 aliphatic rings. The summed E-state index contributed by atoms with van der Waals surface area (Å²) in [6.07, 6.45) is -0.00682. The van der Waals surface area contributed by atoms with Crippen molar-refractivity contribution in [1.29, 1.82) is 0 Å². The molecule has 0 amide bonds. The highest BCUT2D eigenvalue weighted by Crippen LogP contribution is 2.21. The summed E-state index contributed by atoms with van der Waals surface area (Å²) in [5.41, 5.74) is 2.12. The normalized spacial score (nSPS) is 11.8. The molecule has 2 aromatic rings. The minimum Gasteiger partial charge on any atom is -0.497 e. The van der Waals surface area contributed by atoms with Crippen molar-refractivity contribution in [1.82, 2.24) is 9.78 Å². The molecule has 24 heavy (non-hydrogen) atoms. The Labute approximate surface area is 141 Å². The van der Waals surface area contributed by atoms with Gasteiger partial charge in [-0.25, -0.2) is 4.79 Å². The predicted molar refractivity (Wildman–Crippen MR) is 89.3 cm³/mol. The Morgan fingerprint density at radius 3 is 2.38 bits per heavy atom. The van der Waals surface area contributed by atoms with Crippen LogP contribution in [0.2, 0.25) is 0 Å². The minimum absolute atomic E-state index is 0.00682. The largest absolute Gasteiger partial charge is 0.497 e. The molecule has 1 aromatic heterocycles. The number of aryl methyl sites for hydroxylation is 2. The van der Waals surface area contributed by atoms with Gasteiger partial charge in [-0.1, -0.05) is 0 Å². The minimum atomic E-state index is -0.770. The van der Waals surface area contributed by atoms with E-state index in [1.807, 2.05) is 19.9 Å². The van der Waals surface area contributed by atoms with Gasteiger partial charge >= 0.3 is 5.97 Å². The quantitative estimate of drug-likeness (QED) is 0.577. The monoisotopic (exact) mass is 330 g/mol. The highest BCUT2D eigenvalue weighted by Gasteiger charge is 2.27. The molecule has 0 aliphatic carbocycles. The molecule has 0 aliphatic heterocycles. The van der Waals surface area contributed by atoms with Gasteiger partial charge in [0.15, 0.2) is 11.8 Å². The van der Waals surface area contributed by atoms with Gasteiger partial charge in [-0.2, -0.15) is 5.10 Å². The number of carbonyl (C=O) groups is 2. The maximum Gasteiger partial charge on any atom is 0.331 e. The second-order valence-electron chi connectivity index (χ2n) is 5.50. The fraction of sp³-hybridized carbons (Fsp3) is 0.389. The Hall–Kier alpha value is -2.63. The second kappa shape index (κ2) is 7.77. The molecular formula is C18H22N2O4. The van der Waals surface area contributed by atoms with Crippen molar-refractivity contribution in [3.63, 3.8) is 0 Å². The molecule has 1 unspecified atom stereocenters. The molecule has 0 bridgehead atoms.